The van der Waals surface area contributed by atoms with Crippen molar-refractivity contribution in [3.8, 4) is 5.75 Å². The van der Waals surface area contributed by atoms with Gasteiger partial charge in [-0.1, -0.05) is 0 Å². The van der Waals surface area contributed by atoms with Crippen LogP contribution in [0.3, 0.4) is 0 Å². The number of ether oxygens (including phenoxy) is 1. The summed E-state index contributed by atoms with van der Waals surface area (Å²) in [7, 11) is -2.46. The highest BCUT2D eigenvalue weighted by atomic mass is 79.9. The van der Waals surface area contributed by atoms with Gasteiger partial charge in [-0.25, -0.2) is 9.50 Å². The van der Waals surface area contributed by atoms with Crippen LogP contribution in [0.5, 0.6) is 5.75 Å². The largest absolute Gasteiger partial charge is 0.495 e. The van der Waals surface area contributed by atoms with Gasteiger partial charge in [-0.15, -0.1) is 0 Å². The highest BCUT2D eigenvalue weighted by Crippen LogP contribution is 2.43. The predicted molar refractivity (Wildman–Crippen MR) is 59.2 cm³/mol. The Morgan fingerprint density at radius 3 is 3.27 bits per heavy atom. The van der Waals surface area contributed by atoms with Gasteiger partial charge in [0.25, 0.3) is 0 Å². The zero-order valence-corrected chi connectivity index (χ0v) is 9.36. The Morgan fingerprint density at radius 2 is 2.53 bits per heavy atom. The lowest BCUT2D eigenvalue weighted by Gasteiger charge is -2.06. The molecule has 1 aliphatic carbocycles. The molecule has 0 amide bonds. The molecule has 2 aromatic heterocycles. The van der Waals surface area contributed by atoms with Crippen molar-refractivity contribution in [3.63, 3.8) is 0 Å². The quantitative estimate of drug-likeness (QED) is 0.841. The van der Waals surface area contributed by atoms with Gasteiger partial charge in [-0.05, 0) is 28.8 Å². The van der Waals surface area contributed by atoms with Crippen LogP contribution in [-0.2, 0) is 0 Å². The monoisotopic (exact) mass is 270 g/mol. The van der Waals surface area contributed by atoms with Crippen molar-refractivity contribution in [2.45, 2.75) is 18.8 Å². The fourth-order valence-corrected chi connectivity index (χ4v) is 1.97. The molecule has 5 heteroatoms. The van der Waals surface area contributed by atoms with Crippen LogP contribution in [0.25, 0.3) is 5.65 Å². The standard InChI is InChI=1S/C10H10BrN3O/c1-15-7-4-9-12-5-8(11)14(9)13-10(7)6-2-3-6/h4-6H,2-3H2,1H3/i1D3. The lowest BCUT2D eigenvalue weighted by molar-refractivity contribution is 0.405. The van der Waals surface area contributed by atoms with Gasteiger partial charge in [-0.2, -0.15) is 5.10 Å². The average Bonchev–Trinajstić information content (AvgIpc) is 3.03. The summed E-state index contributed by atoms with van der Waals surface area (Å²) >= 11 is 3.34. The van der Waals surface area contributed by atoms with E-state index in [2.05, 4.69) is 26.0 Å². The third kappa shape index (κ3) is 1.42. The Hall–Kier alpha value is -1.10. The number of fused-ring (bicyclic) bond motifs is 1. The number of aromatic nitrogens is 3. The van der Waals surface area contributed by atoms with Crippen LogP contribution < -0.4 is 4.74 Å². The highest BCUT2D eigenvalue weighted by molar-refractivity contribution is 9.10. The molecule has 0 N–H and O–H groups in total. The van der Waals surface area contributed by atoms with E-state index in [1.54, 1.807) is 16.8 Å². The van der Waals surface area contributed by atoms with E-state index in [9.17, 15) is 0 Å². The van der Waals surface area contributed by atoms with Gasteiger partial charge in [0.2, 0.25) is 0 Å². The van der Waals surface area contributed by atoms with Crippen LogP contribution in [0.1, 0.15) is 28.6 Å². The molecule has 1 aliphatic rings. The molecule has 0 saturated heterocycles. The molecule has 0 unspecified atom stereocenters. The number of hydrogen-bond acceptors (Lipinski definition) is 3. The molecule has 2 heterocycles. The van der Waals surface area contributed by atoms with E-state index in [1.165, 1.54) is 0 Å². The second kappa shape index (κ2) is 3.20. The van der Waals surface area contributed by atoms with Gasteiger partial charge < -0.3 is 4.74 Å². The van der Waals surface area contributed by atoms with E-state index in [0.29, 0.717) is 23.0 Å². The predicted octanol–water partition coefficient (Wildman–Crippen LogP) is 2.38. The van der Waals surface area contributed by atoms with E-state index in [0.717, 1.165) is 17.4 Å². The Labute approximate surface area is 99.6 Å². The molecule has 0 aromatic carbocycles. The molecule has 0 radical (unpaired) electrons. The summed E-state index contributed by atoms with van der Waals surface area (Å²) in [6, 6.07) is 1.62. The van der Waals surface area contributed by atoms with Crippen LogP contribution in [0, 0.1) is 0 Å². The molecular formula is C10H10BrN3O. The van der Waals surface area contributed by atoms with Gasteiger partial charge in [0.15, 0.2) is 5.65 Å². The zero-order valence-electron chi connectivity index (χ0n) is 10.8. The minimum Gasteiger partial charge on any atom is -0.495 e. The Bertz CT molecular complexity index is 606. The van der Waals surface area contributed by atoms with Crippen molar-refractivity contribution in [2.24, 2.45) is 0 Å². The van der Waals surface area contributed by atoms with Crippen molar-refractivity contribution in [1.82, 2.24) is 14.6 Å². The zero-order chi connectivity index (χ0) is 12.9. The normalized spacial score (nSPS) is 19.7. The summed E-state index contributed by atoms with van der Waals surface area (Å²) in [4.78, 5) is 4.12. The fraction of sp³-hybridized carbons (Fsp3) is 0.400. The number of methoxy groups -OCH3 is 1. The van der Waals surface area contributed by atoms with Crippen LogP contribution in [0.15, 0.2) is 16.9 Å². The molecule has 0 aliphatic heterocycles. The van der Waals surface area contributed by atoms with Crippen molar-refractivity contribution < 1.29 is 8.85 Å². The van der Waals surface area contributed by atoms with Gasteiger partial charge in [0, 0.05) is 12.0 Å². The van der Waals surface area contributed by atoms with E-state index < -0.39 is 7.04 Å². The summed E-state index contributed by atoms with van der Waals surface area (Å²) in [5.41, 5.74) is 1.25. The number of halogens is 1. The van der Waals surface area contributed by atoms with E-state index in [-0.39, 0.29) is 0 Å². The van der Waals surface area contributed by atoms with Crippen molar-refractivity contribution >= 4 is 21.6 Å². The average molecular weight is 271 g/mol. The van der Waals surface area contributed by atoms with Crippen molar-refractivity contribution in [2.75, 3.05) is 7.04 Å². The summed E-state index contributed by atoms with van der Waals surface area (Å²) in [5.74, 6) is 0.601. The molecule has 78 valence electrons. The lowest BCUT2D eigenvalue weighted by Crippen LogP contribution is -2.00. The Morgan fingerprint density at radius 1 is 1.67 bits per heavy atom. The van der Waals surface area contributed by atoms with Crippen LogP contribution in [-0.4, -0.2) is 21.6 Å². The highest BCUT2D eigenvalue weighted by Gasteiger charge is 2.29. The molecule has 15 heavy (non-hydrogen) atoms. The number of hydrogen-bond donors (Lipinski definition) is 0. The topological polar surface area (TPSA) is 39.4 Å². The second-order valence-electron chi connectivity index (χ2n) is 3.62. The third-order valence-corrected chi connectivity index (χ3v) is 3.06. The minimum absolute atomic E-state index is 0.293. The number of rotatable bonds is 2. The molecule has 1 fully saturated rings. The van der Waals surface area contributed by atoms with Gasteiger partial charge >= 0.3 is 0 Å². The van der Waals surface area contributed by atoms with Crippen LogP contribution in [0.2, 0.25) is 0 Å². The second-order valence-corrected chi connectivity index (χ2v) is 4.43. The summed E-state index contributed by atoms with van der Waals surface area (Å²) < 4.78 is 29.0. The fourth-order valence-electron chi connectivity index (χ4n) is 1.61. The molecule has 0 bridgehead atoms. The third-order valence-electron chi connectivity index (χ3n) is 2.52. The summed E-state index contributed by atoms with van der Waals surface area (Å²) in [6.45, 7) is 0. The first-order valence-corrected chi connectivity index (χ1v) is 5.46. The van der Waals surface area contributed by atoms with Crippen molar-refractivity contribution in [3.05, 3.63) is 22.6 Å². The van der Waals surface area contributed by atoms with E-state index in [4.69, 9.17) is 8.85 Å². The summed E-state index contributed by atoms with van der Waals surface area (Å²) in [6.07, 6.45) is 3.66. The molecular weight excluding hydrogens is 258 g/mol. The first-order valence-electron chi connectivity index (χ1n) is 6.17. The molecule has 2 aromatic rings. The molecule has 4 nitrogen and oxygen atoms in total. The molecule has 0 spiro atoms. The van der Waals surface area contributed by atoms with E-state index >= 15 is 0 Å². The summed E-state index contributed by atoms with van der Waals surface area (Å²) in [5, 5.41) is 4.41. The maximum absolute atomic E-state index is 7.19. The van der Waals surface area contributed by atoms with Crippen molar-refractivity contribution in [1.29, 1.82) is 0 Å². The molecule has 0 atom stereocenters. The van der Waals surface area contributed by atoms with Crippen LogP contribution >= 0.6 is 15.9 Å². The van der Waals surface area contributed by atoms with Gasteiger partial charge in [0.05, 0.1) is 17.3 Å². The minimum atomic E-state index is -2.46. The Kier molecular flexibility index (Phi) is 1.38. The molecule has 3 rings (SSSR count). The smallest absolute Gasteiger partial charge is 0.158 e. The van der Waals surface area contributed by atoms with Gasteiger partial charge in [-0.3, -0.25) is 0 Å². The number of imidazole rings is 1. The SMILES string of the molecule is [2H]C([2H])([2H])Oc1cc2ncc(Br)n2nc1C1CC1. The number of nitrogens with zero attached hydrogens (tertiary/aromatic N) is 3. The first-order chi connectivity index (χ1) is 8.44. The lowest BCUT2D eigenvalue weighted by atomic mass is 10.2. The van der Waals surface area contributed by atoms with E-state index in [1.807, 2.05) is 0 Å². The maximum Gasteiger partial charge on any atom is 0.158 e. The maximum atomic E-state index is 7.19. The van der Waals surface area contributed by atoms with Crippen LogP contribution in [0.4, 0.5) is 0 Å². The first kappa shape index (κ1) is 6.48. The van der Waals surface area contributed by atoms with Gasteiger partial charge in [0.1, 0.15) is 16.0 Å². The molecule has 1 saturated carbocycles. The Balaban J connectivity index is 2.12.